The maximum Gasteiger partial charge on any atom is 0.233 e. The molecule has 29 heavy (non-hydrogen) atoms. The number of rotatable bonds is 6. The molecule has 0 unspecified atom stereocenters. The van der Waals surface area contributed by atoms with Crippen LogP contribution in [0.15, 0.2) is 52.2 Å². The van der Waals surface area contributed by atoms with Gasteiger partial charge in [-0.05, 0) is 71.5 Å². The van der Waals surface area contributed by atoms with E-state index in [2.05, 4.69) is 9.82 Å². The molecule has 1 aromatic carbocycles. The summed E-state index contributed by atoms with van der Waals surface area (Å²) in [5, 5.41) is 7.83. The number of halogens is 2. The number of carbonyl (C=O) groups is 1. The molecule has 150 valence electrons. The highest BCUT2D eigenvalue weighted by atomic mass is 35.5. The number of aryl methyl sites for hydroxylation is 1. The summed E-state index contributed by atoms with van der Waals surface area (Å²) in [6, 6.07) is 9.48. The highest BCUT2D eigenvalue weighted by molar-refractivity contribution is 7.99. The molecule has 4 rings (SSSR count). The molecule has 1 amide bonds. The quantitative estimate of drug-likeness (QED) is 0.440. The largest absolute Gasteiger partial charge is 0.295 e. The summed E-state index contributed by atoms with van der Waals surface area (Å²) >= 11 is 15.3. The average Bonchev–Trinajstić information content (AvgIpc) is 3.37. The molecule has 0 saturated carbocycles. The van der Waals surface area contributed by atoms with Crippen LogP contribution < -0.4 is 4.72 Å². The van der Waals surface area contributed by atoms with Crippen LogP contribution in [0, 0.1) is 0 Å². The van der Waals surface area contributed by atoms with Gasteiger partial charge in [0.15, 0.2) is 0 Å². The van der Waals surface area contributed by atoms with Crippen molar-refractivity contribution in [2.45, 2.75) is 36.4 Å². The number of hydrogen-bond acceptors (Lipinski definition) is 4. The first kappa shape index (κ1) is 20.5. The summed E-state index contributed by atoms with van der Waals surface area (Å²) in [4.78, 5) is 12.3. The molecule has 0 aliphatic heterocycles. The van der Waals surface area contributed by atoms with Crippen LogP contribution in [0.4, 0.5) is 0 Å². The van der Waals surface area contributed by atoms with Crippen LogP contribution in [0.5, 0.6) is 0 Å². The fraction of sp³-hybridized carbons (Fsp3) is 0.238. The molecular weight excluding hydrogens is 445 g/mol. The molecule has 0 atom stereocenters. The van der Waals surface area contributed by atoms with Gasteiger partial charge in [0.2, 0.25) is 5.91 Å². The van der Waals surface area contributed by atoms with Crippen molar-refractivity contribution in [3.8, 4) is 0 Å². The van der Waals surface area contributed by atoms with Gasteiger partial charge in [0.25, 0.3) is 0 Å². The number of amides is 1. The van der Waals surface area contributed by atoms with E-state index < -0.39 is 0 Å². The summed E-state index contributed by atoms with van der Waals surface area (Å²) in [7, 11) is 0. The van der Waals surface area contributed by atoms with Crippen LogP contribution in [0.25, 0.3) is 5.57 Å². The number of hydrogen-bond donors (Lipinski definition) is 1. The molecule has 2 aromatic heterocycles. The molecule has 0 fully saturated rings. The molecule has 8 heteroatoms. The monoisotopic (exact) mass is 463 g/mol. The first-order valence-electron chi connectivity index (χ1n) is 9.27. The Balaban J connectivity index is 1.49. The molecule has 1 aliphatic rings. The molecule has 2 heterocycles. The fourth-order valence-electron chi connectivity index (χ4n) is 3.38. The number of carbonyl (C=O) groups excluding carboxylic acids is 1. The van der Waals surface area contributed by atoms with E-state index in [4.69, 9.17) is 23.2 Å². The molecular formula is C21H19Cl2N3OS2. The van der Waals surface area contributed by atoms with E-state index in [-0.39, 0.29) is 5.91 Å². The van der Waals surface area contributed by atoms with Crippen molar-refractivity contribution >= 4 is 58.0 Å². The lowest BCUT2D eigenvalue weighted by Crippen LogP contribution is -2.15. The molecule has 1 N–H and O–H groups in total. The van der Waals surface area contributed by atoms with Crippen LogP contribution in [0.2, 0.25) is 10.0 Å². The van der Waals surface area contributed by atoms with Crippen molar-refractivity contribution in [3.63, 3.8) is 0 Å². The maximum atomic E-state index is 12.3. The minimum atomic E-state index is -0.00478. The van der Waals surface area contributed by atoms with Crippen molar-refractivity contribution in [2.75, 3.05) is 0 Å². The predicted molar refractivity (Wildman–Crippen MR) is 122 cm³/mol. The van der Waals surface area contributed by atoms with Gasteiger partial charge in [0.1, 0.15) is 0 Å². The zero-order valence-corrected chi connectivity index (χ0v) is 18.7. The number of aromatic nitrogens is 2. The third kappa shape index (κ3) is 5.07. The molecule has 0 bridgehead atoms. The third-order valence-corrected chi connectivity index (χ3v) is 7.20. The smallest absolute Gasteiger partial charge is 0.233 e. The lowest BCUT2D eigenvalue weighted by atomic mass is 9.92. The Morgan fingerprint density at radius 3 is 3.00 bits per heavy atom. The van der Waals surface area contributed by atoms with Gasteiger partial charge < -0.3 is 0 Å². The predicted octanol–water partition coefficient (Wildman–Crippen LogP) is 6.23. The maximum absolute atomic E-state index is 12.3. The van der Waals surface area contributed by atoms with E-state index in [1.807, 2.05) is 46.6 Å². The second-order valence-electron chi connectivity index (χ2n) is 6.76. The van der Waals surface area contributed by atoms with E-state index in [1.54, 1.807) is 17.4 Å². The van der Waals surface area contributed by atoms with E-state index in [0.29, 0.717) is 23.0 Å². The second-order valence-corrected chi connectivity index (χ2v) is 9.66. The topological polar surface area (TPSA) is 46.9 Å². The summed E-state index contributed by atoms with van der Waals surface area (Å²) < 4.78 is 5.95. The van der Waals surface area contributed by atoms with Gasteiger partial charge in [-0.3, -0.25) is 14.2 Å². The van der Waals surface area contributed by atoms with Crippen molar-refractivity contribution < 1.29 is 4.79 Å². The minimum absolute atomic E-state index is 0.00478. The van der Waals surface area contributed by atoms with Crippen molar-refractivity contribution in [1.82, 2.24) is 14.5 Å². The van der Waals surface area contributed by atoms with Crippen LogP contribution in [-0.2, 0) is 17.8 Å². The van der Waals surface area contributed by atoms with Gasteiger partial charge >= 0.3 is 0 Å². The standard InChI is InChI=1S/C21H19Cl2N3OS2/c22-17-8-6-16(18(23)11-17)13-26-21-14(3-1-4-15(21)12-24-26)7-9-19(27)25-29-20-5-2-10-28-20/h2,5-8,10-12H,1,3-4,9,13H2,(H,25,27)/b14-7+. The number of thiophene rings is 1. The molecule has 1 aliphatic carbocycles. The normalized spacial score (nSPS) is 14.8. The number of fused-ring (bicyclic) bond motifs is 1. The van der Waals surface area contributed by atoms with Gasteiger partial charge in [-0.25, -0.2) is 0 Å². The molecule has 0 spiro atoms. The van der Waals surface area contributed by atoms with E-state index in [1.165, 1.54) is 23.1 Å². The first-order valence-corrected chi connectivity index (χ1v) is 11.7. The highest BCUT2D eigenvalue weighted by Crippen LogP contribution is 2.32. The summed E-state index contributed by atoms with van der Waals surface area (Å²) in [5.41, 5.74) is 4.48. The summed E-state index contributed by atoms with van der Waals surface area (Å²) in [6.07, 6.45) is 7.32. The van der Waals surface area contributed by atoms with Crippen LogP contribution in [-0.4, -0.2) is 15.7 Å². The first-order chi connectivity index (χ1) is 14.1. The van der Waals surface area contributed by atoms with E-state index >= 15 is 0 Å². The third-order valence-electron chi connectivity index (χ3n) is 4.74. The summed E-state index contributed by atoms with van der Waals surface area (Å²) in [6.45, 7) is 0.573. The van der Waals surface area contributed by atoms with Gasteiger partial charge in [-0.15, -0.1) is 11.3 Å². The molecule has 0 radical (unpaired) electrons. The zero-order chi connectivity index (χ0) is 20.2. The van der Waals surface area contributed by atoms with Crippen LogP contribution in [0.1, 0.15) is 36.1 Å². The van der Waals surface area contributed by atoms with Gasteiger partial charge in [0.05, 0.1) is 22.6 Å². The number of nitrogens with one attached hydrogen (secondary N) is 1. The molecule has 4 nitrogen and oxygen atoms in total. The lowest BCUT2D eigenvalue weighted by Gasteiger charge is -2.18. The van der Waals surface area contributed by atoms with Crippen molar-refractivity contribution in [2.24, 2.45) is 0 Å². The van der Waals surface area contributed by atoms with Gasteiger partial charge in [-0.1, -0.05) is 41.4 Å². The van der Waals surface area contributed by atoms with E-state index in [9.17, 15) is 4.79 Å². The second kappa shape index (κ2) is 9.39. The number of benzene rings is 1. The van der Waals surface area contributed by atoms with Crippen LogP contribution in [0.3, 0.4) is 0 Å². The Hall–Kier alpha value is -1.73. The fourth-order valence-corrected chi connectivity index (χ4v) is 5.23. The molecule has 3 aromatic rings. The Bertz CT molecular complexity index is 1040. The SMILES string of the molecule is O=C(C/C=C1\CCCc2cnn(Cc3ccc(Cl)cc3Cl)c21)NSc1cccs1. The summed E-state index contributed by atoms with van der Waals surface area (Å²) in [5.74, 6) is -0.00478. The Labute approximate surface area is 188 Å². The van der Waals surface area contributed by atoms with Crippen molar-refractivity contribution in [1.29, 1.82) is 0 Å². The zero-order valence-electron chi connectivity index (χ0n) is 15.5. The lowest BCUT2D eigenvalue weighted by molar-refractivity contribution is -0.118. The highest BCUT2D eigenvalue weighted by Gasteiger charge is 2.20. The van der Waals surface area contributed by atoms with Crippen molar-refractivity contribution in [3.05, 3.63) is 74.9 Å². The number of nitrogens with zero attached hydrogens (tertiary/aromatic N) is 2. The average molecular weight is 464 g/mol. The van der Waals surface area contributed by atoms with Gasteiger partial charge in [-0.2, -0.15) is 5.10 Å². The van der Waals surface area contributed by atoms with Gasteiger partial charge in [0, 0.05) is 16.5 Å². The minimum Gasteiger partial charge on any atom is -0.295 e. The molecule has 0 saturated heterocycles. The van der Waals surface area contributed by atoms with Crippen LogP contribution >= 0.6 is 46.5 Å². The Morgan fingerprint density at radius 2 is 2.21 bits per heavy atom. The Morgan fingerprint density at radius 1 is 1.31 bits per heavy atom. The number of allylic oxidation sites excluding steroid dienone is 1. The Kier molecular flexibility index (Phi) is 6.65. The van der Waals surface area contributed by atoms with E-state index in [0.717, 1.165) is 34.7 Å².